The van der Waals surface area contributed by atoms with Gasteiger partial charge in [-0.25, -0.2) is 9.37 Å². The van der Waals surface area contributed by atoms with Gasteiger partial charge in [0, 0.05) is 0 Å². The van der Waals surface area contributed by atoms with Crippen molar-refractivity contribution in [1.82, 2.24) is 4.98 Å². The van der Waals surface area contributed by atoms with E-state index in [4.69, 9.17) is 5.73 Å². The molecule has 1 heterocycles. The van der Waals surface area contributed by atoms with Crippen LogP contribution in [0.3, 0.4) is 0 Å². The van der Waals surface area contributed by atoms with Crippen molar-refractivity contribution in [2.45, 2.75) is 25.9 Å². The van der Waals surface area contributed by atoms with E-state index >= 15 is 0 Å². The van der Waals surface area contributed by atoms with Gasteiger partial charge in [0.25, 0.3) is 0 Å². The lowest BCUT2D eigenvalue weighted by molar-refractivity contribution is -0.138. The number of rotatable bonds is 1. The first kappa shape index (κ1) is 13.1. The molecule has 0 unspecified atom stereocenters. The number of nitrogen functional groups attached to an aromatic ring is 1. The van der Waals surface area contributed by atoms with Crippen molar-refractivity contribution in [1.29, 1.82) is 0 Å². The summed E-state index contributed by atoms with van der Waals surface area (Å²) in [4.78, 5) is 3.73. The van der Waals surface area contributed by atoms with Crippen LogP contribution in [0, 0.1) is 5.82 Å². The third kappa shape index (κ3) is 2.03. The van der Waals surface area contributed by atoms with E-state index in [1.807, 2.05) is 0 Å². The van der Waals surface area contributed by atoms with Crippen molar-refractivity contribution in [3.63, 3.8) is 0 Å². The highest BCUT2D eigenvalue weighted by Gasteiger charge is 2.36. The molecule has 0 saturated carbocycles. The van der Waals surface area contributed by atoms with Crippen molar-refractivity contribution in [2.24, 2.45) is 0 Å². The van der Waals surface area contributed by atoms with Crippen LogP contribution in [0.1, 0.15) is 30.9 Å². The van der Waals surface area contributed by atoms with Crippen LogP contribution >= 0.6 is 11.3 Å². The van der Waals surface area contributed by atoms with Gasteiger partial charge in [-0.05, 0) is 17.5 Å². The highest BCUT2D eigenvalue weighted by Crippen LogP contribution is 2.42. The third-order valence-corrected chi connectivity index (χ3v) is 3.48. The molecular formula is C11H10F4N2S. The molecule has 0 amide bonds. The summed E-state index contributed by atoms with van der Waals surface area (Å²) in [5.41, 5.74) is 4.45. The van der Waals surface area contributed by atoms with Crippen molar-refractivity contribution in [3.8, 4) is 0 Å². The number of fused-ring (bicyclic) bond motifs is 1. The fourth-order valence-electron chi connectivity index (χ4n) is 1.88. The van der Waals surface area contributed by atoms with E-state index < -0.39 is 23.5 Å². The van der Waals surface area contributed by atoms with Crippen molar-refractivity contribution < 1.29 is 17.6 Å². The Balaban J connectivity index is 2.91. The third-order valence-electron chi connectivity index (χ3n) is 2.56. The zero-order valence-corrected chi connectivity index (χ0v) is 10.4. The Hall–Kier alpha value is -1.37. The van der Waals surface area contributed by atoms with Gasteiger partial charge in [-0.2, -0.15) is 13.2 Å². The number of aromatic nitrogens is 1. The van der Waals surface area contributed by atoms with Gasteiger partial charge >= 0.3 is 6.18 Å². The molecule has 0 atom stereocenters. The maximum atomic E-state index is 13.6. The van der Waals surface area contributed by atoms with E-state index in [2.05, 4.69) is 4.98 Å². The topological polar surface area (TPSA) is 38.9 Å². The number of thiazole rings is 1. The first-order valence-electron chi connectivity index (χ1n) is 5.17. The van der Waals surface area contributed by atoms with Crippen LogP contribution in [0.25, 0.3) is 10.2 Å². The second-order valence-corrected chi connectivity index (χ2v) is 5.23. The van der Waals surface area contributed by atoms with Gasteiger partial charge in [-0.3, -0.25) is 0 Å². The molecule has 98 valence electrons. The summed E-state index contributed by atoms with van der Waals surface area (Å²) >= 11 is 0.878. The number of nitrogens with two attached hydrogens (primary N) is 1. The second kappa shape index (κ2) is 4.08. The number of alkyl halides is 3. The molecule has 0 aliphatic rings. The zero-order chi connectivity index (χ0) is 13.7. The lowest BCUT2D eigenvalue weighted by Gasteiger charge is -2.16. The molecule has 0 bridgehead atoms. The number of benzene rings is 1. The summed E-state index contributed by atoms with van der Waals surface area (Å²) in [5.74, 6) is -1.39. The van der Waals surface area contributed by atoms with E-state index in [-0.39, 0.29) is 20.9 Å². The van der Waals surface area contributed by atoms with Gasteiger partial charge in [0.1, 0.15) is 5.52 Å². The molecule has 0 radical (unpaired) electrons. The Kier molecular flexibility index (Phi) is 2.96. The molecule has 1 aromatic carbocycles. The molecule has 2 rings (SSSR count). The number of halogens is 4. The Morgan fingerprint density at radius 1 is 1.33 bits per heavy atom. The maximum absolute atomic E-state index is 13.6. The Bertz CT molecular complexity index is 601. The Morgan fingerprint density at radius 3 is 2.44 bits per heavy atom. The van der Waals surface area contributed by atoms with Gasteiger partial charge in [0.2, 0.25) is 0 Å². The Morgan fingerprint density at radius 2 is 1.94 bits per heavy atom. The van der Waals surface area contributed by atoms with Gasteiger partial charge in [-0.1, -0.05) is 25.2 Å². The van der Waals surface area contributed by atoms with Gasteiger partial charge in [0.05, 0.1) is 10.3 Å². The van der Waals surface area contributed by atoms with Gasteiger partial charge < -0.3 is 5.73 Å². The predicted octanol–water partition coefficient (Wildman–Crippen LogP) is 4.16. The molecule has 2 N–H and O–H groups in total. The first-order chi connectivity index (χ1) is 8.21. The maximum Gasteiger partial charge on any atom is 0.416 e. The summed E-state index contributed by atoms with van der Waals surface area (Å²) in [6.45, 7) is 3.25. The van der Waals surface area contributed by atoms with Gasteiger partial charge in [0.15, 0.2) is 10.9 Å². The first-order valence-corrected chi connectivity index (χ1v) is 5.99. The minimum atomic E-state index is -4.59. The van der Waals surface area contributed by atoms with E-state index in [1.54, 1.807) is 13.8 Å². The summed E-state index contributed by atoms with van der Waals surface area (Å²) in [7, 11) is 0. The average Bonchev–Trinajstić information content (AvgIpc) is 2.57. The number of hydrogen-bond donors (Lipinski definition) is 1. The Labute approximate surface area is 104 Å². The fourth-order valence-corrected chi connectivity index (χ4v) is 2.93. The van der Waals surface area contributed by atoms with E-state index in [0.29, 0.717) is 6.07 Å². The fraction of sp³-hybridized carbons (Fsp3) is 0.364. The van der Waals surface area contributed by atoms with Crippen LogP contribution in [-0.4, -0.2) is 4.98 Å². The average molecular weight is 278 g/mol. The molecule has 2 aromatic rings. The largest absolute Gasteiger partial charge is 0.416 e. The standard InChI is InChI=1S/C11H10F4N2S/c1-4(2)7-5(11(13,14)15)3-6(12)8-9(7)18-10(16)17-8/h3-4H,1-2H3,(H2,16,17). The molecule has 18 heavy (non-hydrogen) atoms. The van der Waals surface area contributed by atoms with Crippen LogP contribution in [0.5, 0.6) is 0 Å². The molecule has 0 aliphatic carbocycles. The van der Waals surface area contributed by atoms with Crippen molar-refractivity contribution in [3.05, 3.63) is 23.0 Å². The molecule has 0 spiro atoms. The molecule has 0 saturated heterocycles. The van der Waals surface area contributed by atoms with Crippen LogP contribution in [0.2, 0.25) is 0 Å². The zero-order valence-electron chi connectivity index (χ0n) is 9.60. The molecular weight excluding hydrogens is 268 g/mol. The predicted molar refractivity (Wildman–Crippen MR) is 63.1 cm³/mol. The minimum Gasteiger partial charge on any atom is -0.375 e. The van der Waals surface area contributed by atoms with Crippen molar-refractivity contribution in [2.75, 3.05) is 5.73 Å². The number of anilines is 1. The van der Waals surface area contributed by atoms with Crippen LogP contribution in [-0.2, 0) is 6.18 Å². The number of hydrogen-bond acceptors (Lipinski definition) is 3. The normalized spacial score (nSPS) is 12.6. The smallest absolute Gasteiger partial charge is 0.375 e. The van der Waals surface area contributed by atoms with E-state index in [0.717, 1.165) is 11.3 Å². The van der Waals surface area contributed by atoms with Crippen LogP contribution < -0.4 is 5.73 Å². The molecule has 2 nitrogen and oxygen atoms in total. The van der Waals surface area contributed by atoms with Crippen LogP contribution in [0.15, 0.2) is 6.07 Å². The van der Waals surface area contributed by atoms with Crippen molar-refractivity contribution >= 4 is 26.7 Å². The molecule has 1 aromatic heterocycles. The van der Waals surface area contributed by atoms with E-state index in [9.17, 15) is 17.6 Å². The highest BCUT2D eigenvalue weighted by molar-refractivity contribution is 7.22. The van der Waals surface area contributed by atoms with Crippen LogP contribution in [0.4, 0.5) is 22.7 Å². The summed E-state index contributed by atoms with van der Waals surface area (Å²) in [6, 6.07) is 0.497. The lowest BCUT2D eigenvalue weighted by Crippen LogP contribution is -2.11. The second-order valence-electron chi connectivity index (χ2n) is 4.20. The summed E-state index contributed by atoms with van der Waals surface area (Å²) in [6.07, 6.45) is -4.59. The quantitative estimate of drug-likeness (QED) is 0.795. The number of nitrogens with zero attached hydrogens (tertiary/aromatic N) is 1. The molecule has 7 heteroatoms. The lowest BCUT2D eigenvalue weighted by atomic mass is 9.96. The molecule has 0 aliphatic heterocycles. The summed E-state index contributed by atoms with van der Waals surface area (Å²) in [5, 5.41) is 0.0603. The van der Waals surface area contributed by atoms with E-state index in [1.165, 1.54) is 0 Å². The summed E-state index contributed by atoms with van der Waals surface area (Å²) < 4.78 is 52.5. The SMILES string of the molecule is CC(C)c1c(C(F)(F)F)cc(F)c2nc(N)sc12. The van der Waals surface area contributed by atoms with Gasteiger partial charge in [-0.15, -0.1) is 0 Å². The highest BCUT2D eigenvalue weighted by atomic mass is 32.1. The monoisotopic (exact) mass is 278 g/mol. The molecule has 0 fully saturated rings. The minimum absolute atomic E-state index is 0.0492.